The van der Waals surface area contributed by atoms with Crippen molar-refractivity contribution in [1.82, 2.24) is 38.2 Å². The van der Waals surface area contributed by atoms with Crippen LogP contribution in [0.2, 0.25) is 0 Å². The molecule has 0 spiro atoms. The van der Waals surface area contributed by atoms with Crippen molar-refractivity contribution in [3.05, 3.63) is 482 Å². The molecule has 0 bridgehead atoms. The van der Waals surface area contributed by atoms with Crippen molar-refractivity contribution in [2.45, 2.75) is 0 Å². The molecule has 24 aromatic rings. The maximum Gasteiger partial charge on any atom is 0.141 e. The summed E-state index contributed by atoms with van der Waals surface area (Å²) < 4.78 is 8.97. The Bertz CT molecular complexity index is 8950. The van der Waals surface area contributed by atoms with Gasteiger partial charge in [0.05, 0.1) is 113 Å². The van der Waals surface area contributed by atoms with Crippen molar-refractivity contribution >= 4 is 87.2 Å². The first-order valence-electron chi connectivity index (χ1n) is 45.0. The number of nitrogens with zero attached hydrogens (tertiary/aromatic N) is 16. The topological polar surface area (TPSA) is 262 Å². The predicted molar refractivity (Wildman–Crippen MR) is 556 cm³/mol. The lowest BCUT2D eigenvalue weighted by Gasteiger charge is -2.14. The van der Waals surface area contributed by atoms with E-state index in [0.29, 0.717) is 44.6 Å². The fraction of sp³-hybridized carbons (Fsp3) is 0. The van der Waals surface area contributed by atoms with Gasteiger partial charge in [0, 0.05) is 126 Å². The summed E-state index contributed by atoms with van der Waals surface area (Å²) in [6.45, 7) is 0. The Morgan fingerprint density at radius 1 is 0.171 bits per heavy atom. The van der Waals surface area contributed by atoms with Crippen molar-refractivity contribution < 1.29 is 0 Å². The molecule has 0 N–H and O–H groups in total. The molecule has 16 nitrogen and oxygen atoms in total. The van der Waals surface area contributed by atoms with Crippen LogP contribution in [0.15, 0.2) is 438 Å². The predicted octanol–water partition coefficient (Wildman–Crippen LogP) is 29.0. The highest BCUT2D eigenvalue weighted by Crippen LogP contribution is 2.44. The number of hydrogen-bond donors (Lipinski definition) is 0. The fourth-order valence-electron chi connectivity index (χ4n) is 19.2. The Labute approximate surface area is 804 Å². The molecule has 0 unspecified atom stereocenters. The smallest absolute Gasteiger partial charge is 0.141 e. The highest BCUT2D eigenvalue weighted by atomic mass is 15.0. The van der Waals surface area contributed by atoms with Crippen LogP contribution in [0.25, 0.3) is 199 Å². The van der Waals surface area contributed by atoms with Gasteiger partial charge in [0.2, 0.25) is 0 Å². The first-order valence-corrected chi connectivity index (χ1v) is 45.0. The van der Waals surface area contributed by atoms with E-state index in [1.807, 2.05) is 206 Å². The molecule has 0 amide bonds. The Morgan fingerprint density at radius 3 is 0.850 bits per heavy atom. The number of aromatic nitrogens is 8. The molecule has 8 aromatic heterocycles. The molecule has 0 fully saturated rings. The van der Waals surface area contributed by atoms with E-state index in [1.165, 1.54) is 0 Å². The van der Waals surface area contributed by atoms with Gasteiger partial charge in [0.1, 0.15) is 23.9 Å². The number of pyridine rings is 4. The van der Waals surface area contributed by atoms with Gasteiger partial charge < -0.3 is 18.3 Å². The Morgan fingerprint density at radius 2 is 0.486 bits per heavy atom. The van der Waals surface area contributed by atoms with E-state index < -0.39 is 0 Å². The van der Waals surface area contributed by atoms with Crippen molar-refractivity contribution in [2.24, 2.45) is 0 Å². The molecule has 648 valence electrons. The van der Waals surface area contributed by atoms with E-state index in [9.17, 15) is 42.1 Å². The van der Waals surface area contributed by atoms with E-state index in [-0.39, 0.29) is 0 Å². The Hall–Kier alpha value is -20.8. The molecule has 0 saturated heterocycles. The molecule has 0 atom stereocenters. The van der Waals surface area contributed by atoms with Crippen LogP contribution in [0, 0.1) is 90.6 Å². The summed E-state index contributed by atoms with van der Waals surface area (Å²) in [6.07, 6.45) is 11.8. The molecule has 0 aliphatic rings. The first-order chi connectivity index (χ1) is 69.1. The average Bonchev–Trinajstić information content (AvgIpc) is 1.60. The zero-order valence-electron chi connectivity index (χ0n) is 74.7. The monoisotopic (exact) mass is 1780 g/mol. The molecular weight excluding hydrogens is 1710 g/mol. The number of nitriles is 8. The normalized spacial score (nSPS) is 10.8. The maximum absolute atomic E-state index is 9.65. The number of fused-ring (bicyclic) bond motifs is 12. The molecule has 0 radical (unpaired) electrons. The second kappa shape index (κ2) is 37.8. The van der Waals surface area contributed by atoms with Gasteiger partial charge >= 0.3 is 0 Å². The molecule has 8 heterocycles. The van der Waals surface area contributed by atoms with Gasteiger partial charge in [0.25, 0.3) is 0 Å². The molecule has 0 aliphatic heterocycles. The summed E-state index contributed by atoms with van der Waals surface area (Å²) in [5.41, 5.74) is 33.4. The highest BCUT2D eigenvalue weighted by molar-refractivity contribution is 6.14. The Kier molecular flexibility index (Phi) is 23.2. The van der Waals surface area contributed by atoms with Crippen LogP contribution in [0.3, 0.4) is 0 Å². The zero-order valence-corrected chi connectivity index (χ0v) is 74.7. The lowest BCUT2D eigenvalue weighted by molar-refractivity contribution is 1.18. The van der Waals surface area contributed by atoms with Crippen LogP contribution in [0.1, 0.15) is 44.6 Å². The second-order valence-corrected chi connectivity index (χ2v) is 33.4. The largest absolute Gasteiger partial charge is 0.309 e. The zero-order chi connectivity index (χ0) is 95.1. The van der Waals surface area contributed by atoms with Crippen LogP contribution >= 0.6 is 0 Å². The van der Waals surface area contributed by atoms with E-state index in [2.05, 4.69) is 269 Å². The van der Waals surface area contributed by atoms with E-state index >= 15 is 0 Å². The average molecular weight is 1790 g/mol. The molecule has 24 rings (SSSR count). The minimum Gasteiger partial charge on any atom is -0.309 e. The van der Waals surface area contributed by atoms with Gasteiger partial charge in [-0.25, -0.2) is 4.98 Å². The highest BCUT2D eigenvalue weighted by Gasteiger charge is 2.23. The van der Waals surface area contributed by atoms with E-state index in [0.717, 1.165) is 199 Å². The van der Waals surface area contributed by atoms with E-state index in [4.69, 9.17) is 0 Å². The number of hydrogen-bond acceptors (Lipinski definition) is 12. The van der Waals surface area contributed by atoms with Gasteiger partial charge in [-0.1, -0.05) is 218 Å². The number of rotatable bonds is 12. The summed E-state index contributed by atoms with van der Waals surface area (Å²) in [4.78, 5) is 16.8. The minimum absolute atomic E-state index is 0.396. The third kappa shape index (κ3) is 16.1. The van der Waals surface area contributed by atoms with Crippen molar-refractivity contribution in [1.29, 1.82) is 42.1 Å². The van der Waals surface area contributed by atoms with Gasteiger partial charge in [-0.3, -0.25) is 15.0 Å². The molecular formula is C124H72N16. The standard InChI is InChI=1S/4C31H18N4/c32-17-21-12-13-31-29(15-21)28-10-3-4-11-30(28)35(31)25-7-5-6-23(16-25)26-8-1-2-9-27(26)24-14-22(18-33)19-34-20-24;32-19-21-12-13-31-29(16-21)28-10-3-4-11-30(28)35(31)25-7-5-6-22(18-25)26-8-1-2-9-27(26)23-14-15-34-24(17-23)20-33;32-18-21-12-13-31-29(16-21)28-10-3-4-11-30(28)35(31)24-7-5-6-22(17-24)25-8-1-2-9-27(25)26-14-15-34-20-23(26)19-33;32-18-21-12-13-31-28(16-21)27-10-3-4-11-30(27)35(31)24-7-5-6-22(17-24)25-8-1-2-9-26(25)29-20-34-15-14-23(29)19-33/h1-16,19-20H;1-18H;2*1-17,20H. The summed E-state index contributed by atoms with van der Waals surface area (Å²) in [6, 6.07) is 150. The third-order valence-electron chi connectivity index (χ3n) is 25.4. The molecule has 16 aromatic carbocycles. The van der Waals surface area contributed by atoms with E-state index in [1.54, 1.807) is 49.4 Å². The van der Waals surface area contributed by atoms with Gasteiger partial charge in [0.15, 0.2) is 0 Å². The van der Waals surface area contributed by atoms with Crippen LogP contribution in [-0.2, 0) is 0 Å². The lowest BCUT2D eigenvalue weighted by Crippen LogP contribution is -1.95. The summed E-state index contributed by atoms with van der Waals surface area (Å²) in [7, 11) is 0. The van der Waals surface area contributed by atoms with Gasteiger partial charge in [-0.2, -0.15) is 42.1 Å². The van der Waals surface area contributed by atoms with Crippen LogP contribution in [-0.4, -0.2) is 38.2 Å². The number of para-hydroxylation sites is 4. The maximum atomic E-state index is 9.65. The summed E-state index contributed by atoms with van der Waals surface area (Å²) in [5, 5.41) is 84.3. The first kappa shape index (κ1) is 86.0. The van der Waals surface area contributed by atoms with Gasteiger partial charge in [-0.05, 0) is 248 Å². The third-order valence-corrected chi connectivity index (χ3v) is 25.4. The van der Waals surface area contributed by atoms with Crippen LogP contribution in [0.5, 0.6) is 0 Å². The lowest BCUT2D eigenvalue weighted by atomic mass is 9.93. The fourth-order valence-corrected chi connectivity index (χ4v) is 19.2. The molecule has 140 heavy (non-hydrogen) atoms. The van der Waals surface area contributed by atoms with Crippen molar-refractivity contribution in [3.63, 3.8) is 0 Å². The summed E-state index contributed by atoms with van der Waals surface area (Å²) >= 11 is 0. The Balaban J connectivity index is 0.000000111. The quantitative estimate of drug-likeness (QED) is 0.111. The van der Waals surface area contributed by atoms with Crippen LogP contribution in [0.4, 0.5) is 0 Å². The SMILES string of the molecule is N#Cc1ccc2c(c1)c1ccccc1n2-c1cccc(-c2ccccc2-c2ccnc(C#N)c2)c1.N#Cc1ccc2c(c1)c1ccccc1n2-c1cccc(-c2ccccc2-c2ccncc2C#N)c1.N#Cc1ccc2c(c1)c1ccccc1n2-c1cccc(-c2ccccc2-c2cnccc2C#N)c1.N#Cc1cncc(-c2ccccc2-c2cccc(-n3c4ccccc4c4cc(C#N)ccc43)c2)c1. The number of benzene rings is 16. The van der Waals surface area contributed by atoms with Crippen molar-refractivity contribution in [2.75, 3.05) is 0 Å². The molecule has 0 saturated carbocycles. The van der Waals surface area contributed by atoms with Crippen LogP contribution < -0.4 is 0 Å². The minimum atomic E-state index is 0.396. The van der Waals surface area contributed by atoms with Gasteiger partial charge in [-0.15, -0.1) is 0 Å². The second-order valence-electron chi connectivity index (χ2n) is 33.4. The molecule has 16 heteroatoms. The van der Waals surface area contributed by atoms with Crippen molar-refractivity contribution in [3.8, 4) is 160 Å². The molecule has 0 aliphatic carbocycles. The summed E-state index contributed by atoms with van der Waals surface area (Å²) in [5.74, 6) is 0.